The smallest absolute Gasteiger partial charge is 0.107 e. The molecule has 0 saturated heterocycles. The Morgan fingerprint density at radius 3 is 2.44 bits per heavy atom. The van der Waals surface area contributed by atoms with E-state index < -0.39 is 18.8 Å². The molecular formula is C14H15FN2O. The lowest BCUT2D eigenvalue weighted by Gasteiger charge is -2.16. The van der Waals surface area contributed by atoms with Crippen molar-refractivity contribution in [2.24, 2.45) is 5.73 Å². The first-order chi connectivity index (χ1) is 8.72. The third kappa shape index (κ3) is 2.72. The minimum absolute atomic E-state index is 0.618. The predicted octanol–water partition coefficient (Wildman–Crippen LogP) is 2.08. The van der Waals surface area contributed by atoms with E-state index >= 15 is 0 Å². The fourth-order valence-electron chi connectivity index (χ4n) is 1.74. The quantitative estimate of drug-likeness (QED) is 0.868. The number of halogens is 1. The van der Waals surface area contributed by atoms with E-state index in [1.807, 2.05) is 24.3 Å². The van der Waals surface area contributed by atoms with Crippen LogP contribution in [-0.4, -0.2) is 22.8 Å². The highest BCUT2D eigenvalue weighted by Crippen LogP contribution is 2.22. The summed E-state index contributed by atoms with van der Waals surface area (Å²) in [6.45, 7) is -0.745. The van der Waals surface area contributed by atoms with Gasteiger partial charge in [-0.15, -0.1) is 0 Å². The third-order valence-electron chi connectivity index (χ3n) is 2.83. The van der Waals surface area contributed by atoms with Crippen LogP contribution in [0.4, 0.5) is 4.39 Å². The summed E-state index contributed by atoms with van der Waals surface area (Å²) >= 11 is 0. The van der Waals surface area contributed by atoms with E-state index in [4.69, 9.17) is 5.73 Å². The van der Waals surface area contributed by atoms with E-state index in [0.717, 1.165) is 11.1 Å². The fraction of sp³-hybridized carbons (Fsp3) is 0.214. The molecular weight excluding hydrogens is 231 g/mol. The standard InChI is InChI=1S/C14H15FN2O/c15-8-13(16)14(18)11-5-3-10(4-6-11)12-2-1-7-17-9-12/h1-7,9,13-14,18H,8,16H2/t13-,14-/m1/s1. The van der Waals surface area contributed by atoms with Crippen LogP contribution < -0.4 is 5.73 Å². The molecule has 0 aliphatic heterocycles. The maximum absolute atomic E-state index is 12.4. The van der Waals surface area contributed by atoms with Gasteiger partial charge in [0.1, 0.15) is 6.67 Å². The van der Waals surface area contributed by atoms with E-state index in [9.17, 15) is 9.50 Å². The molecule has 3 nitrogen and oxygen atoms in total. The SMILES string of the molecule is N[C@H](CF)[C@H](O)c1ccc(-c2cccnc2)cc1. The molecule has 0 saturated carbocycles. The molecule has 0 radical (unpaired) electrons. The average Bonchev–Trinajstić information content (AvgIpc) is 2.47. The van der Waals surface area contributed by atoms with Crippen molar-refractivity contribution in [3.8, 4) is 11.1 Å². The molecule has 0 aliphatic carbocycles. The number of pyridine rings is 1. The third-order valence-corrected chi connectivity index (χ3v) is 2.83. The lowest BCUT2D eigenvalue weighted by Crippen LogP contribution is -2.30. The van der Waals surface area contributed by atoms with Crippen molar-refractivity contribution in [2.45, 2.75) is 12.1 Å². The summed E-state index contributed by atoms with van der Waals surface area (Å²) in [5.74, 6) is 0. The second-order valence-electron chi connectivity index (χ2n) is 4.13. The van der Waals surface area contributed by atoms with Gasteiger partial charge in [-0.3, -0.25) is 4.98 Å². The first-order valence-electron chi connectivity index (χ1n) is 5.72. The number of nitrogens with zero attached hydrogens (tertiary/aromatic N) is 1. The molecule has 3 N–H and O–H groups in total. The molecule has 0 aliphatic rings. The summed E-state index contributed by atoms with van der Waals surface area (Å²) in [5.41, 5.74) is 8.07. The lowest BCUT2D eigenvalue weighted by molar-refractivity contribution is 0.132. The Labute approximate surface area is 105 Å². The summed E-state index contributed by atoms with van der Waals surface area (Å²) in [6.07, 6.45) is 2.50. The van der Waals surface area contributed by atoms with Gasteiger partial charge in [-0.2, -0.15) is 0 Å². The number of aliphatic hydroxyl groups excluding tert-OH is 1. The Hall–Kier alpha value is -1.78. The normalized spacial score (nSPS) is 14.2. The lowest BCUT2D eigenvalue weighted by atomic mass is 10.00. The molecule has 0 fully saturated rings. The molecule has 0 spiro atoms. The van der Waals surface area contributed by atoms with Gasteiger partial charge in [0.2, 0.25) is 0 Å². The molecule has 2 atom stereocenters. The van der Waals surface area contributed by atoms with Crippen molar-refractivity contribution < 1.29 is 9.50 Å². The van der Waals surface area contributed by atoms with Gasteiger partial charge in [0.15, 0.2) is 0 Å². The van der Waals surface area contributed by atoms with Crippen LogP contribution in [0.1, 0.15) is 11.7 Å². The number of benzene rings is 1. The summed E-state index contributed by atoms with van der Waals surface area (Å²) in [6, 6.07) is 10.2. The van der Waals surface area contributed by atoms with Gasteiger partial charge in [-0.05, 0) is 22.8 Å². The molecule has 18 heavy (non-hydrogen) atoms. The van der Waals surface area contributed by atoms with Gasteiger partial charge in [0, 0.05) is 12.4 Å². The summed E-state index contributed by atoms with van der Waals surface area (Å²) in [7, 11) is 0. The molecule has 2 rings (SSSR count). The van der Waals surface area contributed by atoms with Gasteiger partial charge in [-0.1, -0.05) is 30.3 Å². The zero-order chi connectivity index (χ0) is 13.0. The van der Waals surface area contributed by atoms with Crippen LogP contribution in [0.3, 0.4) is 0 Å². The van der Waals surface area contributed by atoms with Crippen LogP contribution in [0.25, 0.3) is 11.1 Å². The Morgan fingerprint density at radius 1 is 1.17 bits per heavy atom. The highest BCUT2D eigenvalue weighted by molar-refractivity contribution is 5.62. The molecule has 2 aromatic rings. The van der Waals surface area contributed by atoms with Gasteiger partial charge >= 0.3 is 0 Å². The number of aromatic nitrogens is 1. The number of rotatable bonds is 4. The molecule has 0 amide bonds. The zero-order valence-corrected chi connectivity index (χ0v) is 9.83. The Bertz CT molecular complexity index is 487. The number of alkyl halides is 1. The van der Waals surface area contributed by atoms with Crippen molar-refractivity contribution in [2.75, 3.05) is 6.67 Å². The fourth-order valence-corrected chi connectivity index (χ4v) is 1.74. The van der Waals surface area contributed by atoms with Crippen LogP contribution in [0.15, 0.2) is 48.8 Å². The monoisotopic (exact) mass is 246 g/mol. The van der Waals surface area contributed by atoms with Crippen LogP contribution in [0, 0.1) is 0 Å². The summed E-state index contributed by atoms with van der Waals surface area (Å²) < 4.78 is 12.4. The Balaban J connectivity index is 2.20. The van der Waals surface area contributed by atoms with Crippen molar-refractivity contribution >= 4 is 0 Å². The molecule has 1 aromatic carbocycles. The largest absolute Gasteiger partial charge is 0.387 e. The first-order valence-corrected chi connectivity index (χ1v) is 5.72. The van der Waals surface area contributed by atoms with Crippen LogP contribution in [-0.2, 0) is 0 Å². The topological polar surface area (TPSA) is 59.1 Å². The average molecular weight is 246 g/mol. The zero-order valence-electron chi connectivity index (χ0n) is 9.83. The van der Waals surface area contributed by atoms with E-state index in [1.165, 1.54) is 0 Å². The molecule has 0 unspecified atom stereocenters. The van der Waals surface area contributed by atoms with Crippen LogP contribution in [0.2, 0.25) is 0 Å². The van der Waals surface area contributed by atoms with E-state index in [2.05, 4.69) is 4.98 Å². The van der Waals surface area contributed by atoms with E-state index in [-0.39, 0.29) is 0 Å². The van der Waals surface area contributed by atoms with Gasteiger partial charge < -0.3 is 10.8 Å². The maximum atomic E-state index is 12.4. The van der Waals surface area contributed by atoms with Crippen LogP contribution >= 0.6 is 0 Å². The molecule has 1 heterocycles. The van der Waals surface area contributed by atoms with Crippen LogP contribution in [0.5, 0.6) is 0 Å². The minimum atomic E-state index is -0.974. The van der Waals surface area contributed by atoms with Gasteiger partial charge in [0.25, 0.3) is 0 Å². The minimum Gasteiger partial charge on any atom is -0.387 e. The van der Waals surface area contributed by atoms with Crippen molar-refractivity contribution in [1.29, 1.82) is 0 Å². The molecule has 4 heteroatoms. The van der Waals surface area contributed by atoms with Crippen molar-refractivity contribution in [1.82, 2.24) is 4.98 Å². The molecule has 94 valence electrons. The number of hydrogen-bond donors (Lipinski definition) is 2. The van der Waals surface area contributed by atoms with E-state index in [0.29, 0.717) is 5.56 Å². The van der Waals surface area contributed by atoms with Gasteiger partial charge in [-0.25, -0.2) is 4.39 Å². The highest BCUT2D eigenvalue weighted by atomic mass is 19.1. The first kappa shape index (κ1) is 12.7. The predicted molar refractivity (Wildman–Crippen MR) is 68.6 cm³/mol. The maximum Gasteiger partial charge on any atom is 0.107 e. The van der Waals surface area contributed by atoms with Crippen molar-refractivity contribution in [3.05, 3.63) is 54.4 Å². The second kappa shape index (κ2) is 5.71. The summed E-state index contributed by atoms with van der Waals surface area (Å²) in [5, 5.41) is 9.77. The Morgan fingerprint density at radius 2 is 1.89 bits per heavy atom. The number of hydrogen-bond acceptors (Lipinski definition) is 3. The van der Waals surface area contributed by atoms with Gasteiger partial charge in [0.05, 0.1) is 12.1 Å². The molecule has 1 aromatic heterocycles. The number of aliphatic hydroxyl groups is 1. The van der Waals surface area contributed by atoms with Crippen molar-refractivity contribution in [3.63, 3.8) is 0 Å². The Kier molecular flexibility index (Phi) is 4.02. The van der Waals surface area contributed by atoms with E-state index in [1.54, 1.807) is 24.5 Å². The molecule has 0 bridgehead atoms. The highest BCUT2D eigenvalue weighted by Gasteiger charge is 2.16. The number of nitrogens with two attached hydrogens (primary N) is 1. The summed E-state index contributed by atoms with van der Waals surface area (Å²) in [4.78, 5) is 4.04. The second-order valence-corrected chi connectivity index (χ2v) is 4.13.